The molecular weight excluding hydrogens is 286 g/mol. The fourth-order valence-corrected chi connectivity index (χ4v) is 3.20. The summed E-state index contributed by atoms with van der Waals surface area (Å²) in [7, 11) is 0. The van der Waals surface area contributed by atoms with E-state index in [-0.39, 0.29) is 11.8 Å². The van der Waals surface area contributed by atoms with Crippen molar-refractivity contribution in [1.82, 2.24) is 9.97 Å². The number of carbonyl (C=O) groups excluding carboxylic acids is 1. The number of nitrogens with zero attached hydrogens (tertiary/aromatic N) is 2. The number of aromatic amines is 1. The van der Waals surface area contributed by atoms with Gasteiger partial charge in [0, 0.05) is 24.6 Å². The summed E-state index contributed by atoms with van der Waals surface area (Å²) in [5.41, 5.74) is 5.42. The Morgan fingerprint density at radius 1 is 1.13 bits per heavy atom. The van der Waals surface area contributed by atoms with Crippen molar-refractivity contribution in [3.63, 3.8) is 0 Å². The average Bonchev–Trinajstić information content (AvgIpc) is 3.13. The molecule has 2 heterocycles. The van der Waals surface area contributed by atoms with Crippen LogP contribution in [0, 0.1) is 13.8 Å². The quantitative estimate of drug-likeness (QED) is 0.785. The minimum atomic E-state index is 0.122. The molecule has 1 fully saturated rings. The SMILES string of the molecule is Cc1ccc(N2C[C@@H](c3nc4ccccc4[nH]3)CC2=O)cc1C. The van der Waals surface area contributed by atoms with E-state index in [1.807, 2.05) is 35.2 Å². The van der Waals surface area contributed by atoms with Crippen molar-refractivity contribution in [2.45, 2.75) is 26.2 Å². The molecule has 0 saturated carbocycles. The zero-order chi connectivity index (χ0) is 16.0. The van der Waals surface area contributed by atoms with E-state index < -0.39 is 0 Å². The molecule has 4 rings (SSSR count). The lowest BCUT2D eigenvalue weighted by atomic mass is 10.1. The second kappa shape index (κ2) is 5.23. The Kier molecular flexibility index (Phi) is 3.18. The number of hydrogen-bond donors (Lipinski definition) is 1. The lowest BCUT2D eigenvalue weighted by molar-refractivity contribution is -0.117. The Labute approximate surface area is 135 Å². The van der Waals surface area contributed by atoms with Gasteiger partial charge in [-0.05, 0) is 49.2 Å². The largest absolute Gasteiger partial charge is 0.342 e. The first kappa shape index (κ1) is 14.0. The number of aryl methyl sites for hydroxylation is 2. The Bertz CT molecular complexity index is 864. The number of imidazole rings is 1. The molecule has 1 amide bonds. The Morgan fingerprint density at radius 2 is 1.96 bits per heavy atom. The highest BCUT2D eigenvalue weighted by molar-refractivity contribution is 5.96. The Morgan fingerprint density at radius 3 is 2.74 bits per heavy atom. The summed E-state index contributed by atoms with van der Waals surface area (Å²) < 4.78 is 0. The molecule has 4 heteroatoms. The lowest BCUT2D eigenvalue weighted by Gasteiger charge is -2.17. The van der Waals surface area contributed by atoms with E-state index in [9.17, 15) is 4.79 Å². The van der Waals surface area contributed by atoms with Crippen LogP contribution in [0.1, 0.15) is 29.3 Å². The second-order valence-corrected chi connectivity index (χ2v) is 6.31. The molecule has 0 unspecified atom stereocenters. The number of aromatic nitrogens is 2. The first-order chi connectivity index (χ1) is 11.1. The van der Waals surface area contributed by atoms with Gasteiger partial charge in [0.1, 0.15) is 5.82 Å². The van der Waals surface area contributed by atoms with Crippen molar-refractivity contribution in [2.75, 3.05) is 11.4 Å². The first-order valence-electron chi connectivity index (χ1n) is 7.94. The summed E-state index contributed by atoms with van der Waals surface area (Å²) in [5.74, 6) is 1.20. The van der Waals surface area contributed by atoms with Crippen LogP contribution in [-0.4, -0.2) is 22.4 Å². The molecule has 0 bridgehead atoms. The normalized spacial score (nSPS) is 18.1. The van der Waals surface area contributed by atoms with Gasteiger partial charge in [-0.1, -0.05) is 18.2 Å². The predicted molar refractivity (Wildman–Crippen MR) is 91.7 cm³/mol. The van der Waals surface area contributed by atoms with E-state index in [0.717, 1.165) is 22.5 Å². The van der Waals surface area contributed by atoms with Gasteiger partial charge in [0.15, 0.2) is 0 Å². The first-order valence-corrected chi connectivity index (χ1v) is 7.94. The fraction of sp³-hybridized carbons (Fsp3) is 0.263. The number of H-pyrrole nitrogens is 1. The molecule has 1 atom stereocenters. The van der Waals surface area contributed by atoms with Crippen LogP contribution in [0.25, 0.3) is 11.0 Å². The van der Waals surface area contributed by atoms with E-state index in [4.69, 9.17) is 0 Å². The third kappa shape index (κ3) is 2.40. The van der Waals surface area contributed by atoms with Crippen molar-refractivity contribution in [3.05, 3.63) is 59.4 Å². The van der Waals surface area contributed by atoms with E-state index in [1.54, 1.807) is 0 Å². The highest BCUT2D eigenvalue weighted by Crippen LogP contribution is 2.32. The molecule has 1 aromatic heterocycles. The monoisotopic (exact) mass is 305 g/mol. The third-order valence-corrected chi connectivity index (χ3v) is 4.72. The van der Waals surface area contributed by atoms with Gasteiger partial charge in [0.25, 0.3) is 0 Å². The minimum absolute atomic E-state index is 0.122. The molecular formula is C19H19N3O. The van der Waals surface area contributed by atoms with Gasteiger partial charge in [-0.15, -0.1) is 0 Å². The third-order valence-electron chi connectivity index (χ3n) is 4.72. The number of rotatable bonds is 2. The highest BCUT2D eigenvalue weighted by Gasteiger charge is 2.33. The number of carbonyl (C=O) groups is 1. The van der Waals surface area contributed by atoms with Crippen molar-refractivity contribution >= 4 is 22.6 Å². The maximum Gasteiger partial charge on any atom is 0.227 e. The van der Waals surface area contributed by atoms with Gasteiger partial charge in [0.2, 0.25) is 5.91 Å². The lowest BCUT2D eigenvalue weighted by Crippen LogP contribution is -2.24. The topological polar surface area (TPSA) is 49.0 Å². The minimum Gasteiger partial charge on any atom is -0.342 e. The molecule has 1 aliphatic rings. The van der Waals surface area contributed by atoms with Gasteiger partial charge in [-0.25, -0.2) is 4.98 Å². The molecule has 1 N–H and O–H groups in total. The Balaban J connectivity index is 1.63. The summed E-state index contributed by atoms with van der Waals surface area (Å²) in [4.78, 5) is 22.3. The van der Waals surface area contributed by atoms with Crippen LogP contribution < -0.4 is 4.90 Å². The number of hydrogen-bond acceptors (Lipinski definition) is 2. The number of fused-ring (bicyclic) bond motifs is 1. The van der Waals surface area contributed by atoms with Gasteiger partial charge >= 0.3 is 0 Å². The highest BCUT2D eigenvalue weighted by atomic mass is 16.2. The van der Waals surface area contributed by atoms with Crippen molar-refractivity contribution < 1.29 is 4.79 Å². The molecule has 0 spiro atoms. The molecule has 4 nitrogen and oxygen atoms in total. The molecule has 0 radical (unpaired) electrons. The summed E-state index contributed by atoms with van der Waals surface area (Å²) in [6.07, 6.45) is 0.507. The maximum atomic E-state index is 12.5. The molecule has 23 heavy (non-hydrogen) atoms. The zero-order valence-electron chi connectivity index (χ0n) is 13.3. The molecule has 1 saturated heterocycles. The molecule has 1 aliphatic heterocycles. The fourth-order valence-electron chi connectivity index (χ4n) is 3.20. The molecule has 116 valence electrons. The van der Waals surface area contributed by atoms with Gasteiger partial charge < -0.3 is 9.88 Å². The number of benzene rings is 2. The number of nitrogens with one attached hydrogen (secondary N) is 1. The Hall–Kier alpha value is -2.62. The molecule has 3 aromatic rings. The zero-order valence-corrected chi connectivity index (χ0v) is 13.3. The van der Waals surface area contributed by atoms with Crippen LogP contribution in [0.3, 0.4) is 0 Å². The molecule has 2 aromatic carbocycles. The van der Waals surface area contributed by atoms with Crippen molar-refractivity contribution in [1.29, 1.82) is 0 Å². The maximum absolute atomic E-state index is 12.5. The van der Waals surface area contributed by atoms with E-state index >= 15 is 0 Å². The van der Waals surface area contributed by atoms with Crippen LogP contribution in [0.5, 0.6) is 0 Å². The van der Waals surface area contributed by atoms with E-state index in [2.05, 4.69) is 35.9 Å². The average molecular weight is 305 g/mol. The summed E-state index contributed by atoms with van der Waals surface area (Å²) >= 11 is 0. The van der Waals surface area contributed by atoms with Gasteiger partial charge in [0.05, 0.1) is 11.0 Å². The number of anilines is 1. The van der Waals surface area contributed by atoms with Crippen LogP contribution in [-0.2, 0) is 4.79 Å². The van der Waals surface area contributed by atoms with Crippen LogP contribution in [0.15, 0.2) is 42.5 Å². The smallest absolute Gasteiger partial charge is 0.227 e. The van der Waals surface area contributed by atoms with E-state index in [1.165, 1.54) is 11.1 Å². The van der Waals surface area contributed by atoms with Crippen LogP contribution in [0.4, 0.5) is 5.69 Å². The van der Waals surface area contributed by atoms with Crippen LogP contribution >= 0.6 is 0 Å². The summed E-state index contributed by atoms with van der Waals surface area (Å²) in [5, 5.41) is 0. The van der Waals surface area contributed by atoms with Crippen LogP contribution in [0.2, 0.25) is 0 Å². The van der Waals surface area contributed by atoms with Gasteiger partial charge in [-0.3, -0.25) is 4.79 Å². The molecule has 0 aliphatic carbocycles. The standard InChI is InChI=1S/C19H19N3O/c1-12-7-8-15(9-13(12)2)22-11-14(10-18(22)23)19-20-16-5-3-4-6-17(16)21-19/h3-9,14H,10-11H2,1-2H3,(H,20,21)/t14-/m0/s1. The van der Waals surface area contributed by atoms with E-state index in [0.29, 0.717) is 13.0 Å². The number of amides is 1. The van der Waals surface area contributed by atoms with Crippen molar-refractivity contribution in [3.8, 4) is 0 Å². The van der Waals surface area contributed by atoms with Gasteiger partial charge in [-0.2, -0.15) is 0 Å². The number of para-hydroxylation sites is 2. The second-order valence-electron chi connectivity index (χ2n) is 6.31. The predicted octanol–water partition coefficient (Wildman–Crippen LogP) is 3.70. The summed E-state index contributed by atoms with van der Waals surface area (Å²) in [6, 6.07) is 14.2. The summed E-state index contributed by atoms with van der Waals surface area (Å²) in [6.45, 7) is 4.85. The van der Waals surface area contributed by atoms with Crippen molar-refractivity contribution in [2.24, 2.45) is 0 Å².